The number of nitrogens with zero attached hydrogens (tertiary/aromatic N) is 1. The summed E-state index contributed by atoms with van der Waals surface area (Å²) < 4.78 is 32.6. The van der Waals surface area contributed by atoms with Gasteiger partial charge in [-0.1, -0.05) is 35.9 Å². The van der Waals surface area contributed by atoms with Crippen LogP contribution in [-0.4, -0.2) is 38.8 Å². The Balaban J connectivity index is 1.71. The molecule has 1 heterocycles. The maximum Gasteiger partial charge on any atom is 0.228 e. The second kappa shape index (κ2) is 9.15. The van der Waals surface area contributed by atoms with Crippen LogP contribution < -0.4 is 10.1 Å². The Bertz CT molecular complexity index is 994. The molecule has 0 radical (unpaired) electrons. The minimum Gasteiger partial charge on any atom is -0.495 e. The number of ether oxygens (including phenoxy) is 1. The summed E-state index contributed by atoms with van der Waals surface area (Å²) in [6, 6.07) is 12.4. The van der Waals surface area contributed by atoms with E-state index in [0.29, 0.717) is 35.8 Å². The first-order chi connectivity index (χ1) is 13.8. The number of piperidine rings is 1. The van der Waals surface area contributed by atoms with Crippen LogP contribution >= 0.6 is 11.6 Å². The van der Waals surface area contributed by atoms with E-state index in [1.54, 1.807) is 18.2 Å². The maximum atomic E-state index is 12.9. The molecule has 3 rings (SSSR count). The van der Waals surface area contributed by atoms with Crippen molar-refractivity contribution in [3.05, 3.63) is 58.6 Å². The van der Waals surface area contributed by atoms with E-state index in [2.05, 4.69) is 5.32 Å². The highest BCUT2D eigenvalue weighted by molar-refractivity contribution is 7.88. The average molecular weight is 437 g/mol. The van der Waals surface area contributed by atoms with Crippen molar-refractivity contribution in [3.8, 4) is 5.75 Å². The molecule has 0 aromatic heterocycles. The van der Waals surface area contributed by atoms with E-state index >= 15 is 0 Å². The van der Waals surface area contributed by atoms with E-state index in [9.17, 15) is 13.2 Å². The van der Waals surface area contributed by atoms with Crippen molar-refractivity contribution in [2.45, 2.75) is 25.5 Å². The molecule has 1 N–H and O–H groups in total. The number of halogens is 1. The van der Waals surface area contributed by atoms with E-state index in [1.807, 2.05) is 31.2 Å². The zero-order valence-corrected chi connectivity index (χ0v) is 18.1. The monoisotopic (exact) mass is 436 g/mol. The molecule has 1 aliphatic rings. The van der Waals surface area contributed by atoms with E-state index in [-0.39, 0.29) is 18.2 Å². The van der Waals surface area contributed by atoms with E-state index in [0.717, 1.165) is 11.1 Å². The summed E-state index contributed by atoms with van der Waals surface area (Å²) >= 11 is 6.02. The third-order valence-electron chi connectivity index (χ3n) is 5.17. The number of hydrogen-bond acceptors (Lipinski definition) is 4. The normalized spacial score (nSPS) is 17.7. The molecular formula is C21H25ClN2O4S. The second-order valence-electron chi connectivity index (χ2n) is 7.21. The lowest BCUT2D eigenvalue weighted by Crippen LogP contribution is -2.44. The highest BCUT2D eigenvalue weighted by Gasteiger charge is 2.33. The molecule has 29 heavy (non-hydrogen) atoms. The molecule has 6 nitrogen and oxygen atoms in total. The Kier molecular flexibility index (Phi) is 6.82. The van der Waals surface area contributed by atoms with Crippen LogP contribution in [0.2, 0.25) is 5.02 Å². The van der Waals surface area contributed by atoms with Crippen molar-refractivity contribution >= 4 is 33.2 Å². The number of amides is 1. The van der Waals surface area contributed by atoms with Gasteiger partial charge in [-0.05, 0) is 49.1 Å². The molecule has 0 bridgehead atoms. The van der Waals surface area contributed by atoms with Gasteiger partial charge in [0.25, 0.3) is 0 Å². The van der Waals surface area contributed by atoms with E-state index in [4.69, 9.17) is 16.3 Å². The third-order valence-corrected chi connectivity index (χ3v) is 7.20. The van der Waals surface area contributed by atoms with Crippen molar-refractivity contribution in [2.75, 3.05) is 25.5 Å². The van der Waals surface area contributed by atoms with Crippen LogP contribution in [0.15, 0.2) is 42.5 Å². The third kappa shape index (κ3) is 5.29. The molecule has 1 atom stereocenters. The Hall–Kier alpha value is -2.09. The van der Waals surface area contributed by atoms with Gasteiger partial charge in [0, 0.05) is 18.1 Å². The predicted molar refractivity (Wildman–Crippen MR) is 115 cm³/mol. The molecule has 1 fully saturated rings. The van der Waals surface area contributed by atoms with Crippen LogP contribution in [0, 0.1) is 12.8 Å². The standard InChI is InChI=1S/C21H25ClN2O4S/c1-15-6-3-4-7-17(15)14-29(26,27)24-11-5-8-16(13-24)21(25)23-19-12-18(22)9-10-20(19)28-2/h3-4,6-7,9-10,12,16H,5,8,11,13-14H2,1-2H3,(H,23,25)/t16-/m0/s1. The Morgan fingerprint density at radius 2 is 2.03 bits per heavy atom. The maximum absolute atomic E-state index is 12.9. The second-order valence-corrected chi connectivity index (χ2v) is 9.62. The Labute approximate surface area is 176 Å². The summed E-state index contributed by atoms with van der Waals surface area (Å²) in [5.74, 6) is -0.223. The van der Waals surface area contributed by atoms with Gasteiger partial charge in [-0.3, -0.25) is 4.79 Å². The number of sulfonamides is 1. The summed E-state index contributed by atoms with van der Waals surface area (Å²) in [5, 5.41) is 3.31. The lowest BCUT2D eigenvalue weighted by molar-refractivity contribution is -0.120. The molecule has 2 aromatic carbocycles. The van der Waals surface area contributed by atoms with Gasteiger partial charge in [-0.25, -0.2) is 12.7 Å². The van der Waals surface area contributed by atoms with Crippen molar-refractivity contribution in [3.63, 3.8) is 0 Å². The molecule has 1 saturated heterocycles. The van der Waals surface area contributed by atoms with Gasteiger partial charge in [-0.2, -0.15) is 0 Å². The predicted octanol–water partition coefficient (Wildman–Crippen LogP) is 3.84. The van der Waals surface area contributed by atoms with Crippen LogP contribution in [0.4, 0.5) is 5.69 Å². The summed E-state index contributed by atoms with van der Waals surface area (Å²) in [4.78, 5) is 12.8. The molecule has 0 spiro atoms. The van der Waals surface area contributed by atoms with Gasteiger partial charge in [0.05, 0.1) is 24.5 Å². The zero-order chi connectivity index (χ0) is 21.0. The minimum absolute atomic E-state index is 0.0594. The fraction of sp³-hybridized carbons (Fsp3) is 0.381. The first-order valence-corrected chi connectivity index (χ1v) is 11.5. The number of methoxy groups -OCH3 is 1. The number of hydrogen-bond donors (Lipinski definition) is 1. The first-order valence-electron chi connectivity index (χ1n) is 9.47. The molecule has 0 unspecified atom stereocenters. The largest absolute Gasteiger partial charge is 0.495 e. The summed E-state index contributed by atoms with van der Waals surface area (Å²) in [6.45, 7) is 2.50. The van der Waals surface area contributed by atoms with Crippen molar-refractivity contribution in [2.24, 2.45) is 5.92 Å². The van der Waals surface area contributed by atoms with Gasteiger partial charge in [-0.15, -0.1) is 0 Å². The van der Waals surface area contributed by atoms with Gasteiger partial charge in [0.2, 0.25) is 15.9 Å². The van der Waals surface area contributed by atoms with Crippen molar-refractivity contribution in [1.82, 2.24) is 4.31 Å². The molecule has 156 valence electrons. The van der Waals surface area contributed by atoms with Gasteiger partial charge >= 0.3 is 0 Å². The molecule has 1 aliphatic heterocycles. The number of carbonyl (C=O) groups excluding carboxylic acids is 1. The van der Waals surface area contributed by atoms with Crippen LogP contribution in [0.1, 0.15) is 24.0 Å². The molecule has 0 saturated carbocycles. The van der Waals surface area contributed by atoms with Crippen molar-refractivity contribution < 1.29 is 17.9 Å². The number of rotatable bonds is 6. The van der Waals surface area contributed by atoms with E-state index < -0.39 is 15.9 Å². The Morgan fingerprint density at radius 1 is 1.28 bits per heavy atom. The molecule has 2 aromatic rings. The highest BCUT2D eigenvalue weighted by Crippen LogP contribution is 2.29. The SMILES string of the molecule is COc1ccc(Cl)cc1NC(=O)[C@H]1CCCN(S(=O)(=O)Cc2ccccc2C)C1. The molecule has 1 amide bonds. The number of nitrogens with one attached hydrogen (secondary N) is 1. The topological polar surface area (TPSA) is 75.7 Å². The van der Waals surface area contributed by atoms with E-state index in [1.165, 1.54) is 11.4 Å². The lowest BCUT2D eigenvalue weighted by atomic mass is 9.98. The Morgan fingerprint density at radius 3 is 2.76 bits per heavy atom. The average Bonchev–Trinajstić information content (AvgIpc) is 2.70. The summed E-state index contributed by atoms with van der Waals surface area (Å²) in [6.07, 6.45) is 1.27. The van der Waals surface area contributed by atoms with Crippen LogP contribution in [-0.2, 0) is 20.6 Å². The van der Waals surface area contributed by atoms with Crippen LogP contribution in [0.3, 0.4) is 0 Å². The number of aryl methyl sites for hydroxylation is 1. The number of anilines is 1. The summed E-state index contributed by atoms with van der Waals surface area (Å²) in [5.41, 5.74) is 2.20. The number of carbonyl (C=O) groups is 1. The van der Waals surface area contributed by atoms with Gasteiger partial charge < -0.3 is 10.1 Å². The van der Waals surface area contributed by atoms with Gasteiger partial charge in [0.15, 0.2) is 0 Å². The van der Waals surface area contributed by atoms with Crippen LogP contribution in [0.5, 0.6) is 5.75 Å². The molecule has 8 heteroatoms. The van der Waals surface area contributed by atoms with Gasteiger partial charge in [0.1, 0.15) is 5.75 Å². The summed E-state index contributed by atoms with van der Waals surface area (Å²) in [7, 11) is -2.00. The molecular weight excluding hydrogens is 412 g/mol. The fourth-order valence-electron chi connectivity index (χ4n) is 3.48. The number of benzene rings is 2. The van der Waals surface area contributed by atoms with Crippen molar-refractivity contribution in [1.29, 1.82) is 0 Å². The highest BCUT2D eigenvalue weighted by atomic mass is 35.5. The first kappa shape index (κ1) is 21.6. The zero-order valence-electron chi connectivity index (χ0n) is 16.5. The fourth-order valence-corrected chi connectivity index (χ4v) is 5.37. The lowest BCUT2D eigenvalue weighted by Gasteiger charge is -2.31. The quantitative estimate of drug-likeness (QED) is 0.746. The minimum atomic E-state index is -3.51. The van der Waals surface area contributed by atoms with Crippen LogP contribution in [0.25, 0.3) is 0 Å². The molecule has 0 aliphatic carbocycles. The smallest absolute Gasteiger partial charge is 0.228 e.